The zero-order valence-corrected chi connectivity index (χ0v) is 20.5. The van der Waals surface area contributed by atoms with Crippen LogP contribution in [0.2, 0.25) is 5.02 Å². The molecule has 0 aliphatic carbocycles. The highest BCUT2D eigenvalue weighted by Crippen LogP contribution is 2.26. The number of benzene rings is 2. The first-order valence-corrected chi connectivity index (χ1v) is 11.5. The van der Waals surface area contributed by atoms with E-state index in [1.54, 1.807) is 23.1 Å². The third-order valence-corrected chi connectivity index (χ3v) is 5.31. The average Bonchev–Trinajstić information content (AvgIpc) is 3.44. The molecular formula is C25H29ClFN5O2. The Hall–Kier alpha value is -3.39. The maximum absolute atomic E-state index is 14.0. The molecule has 34 heavy (non-hydrogen) atoms. The van der Waals surface area contributed by atoms with E-state index in [0.717, 1.165) is 34.5 Å². The van der Waals surface area contributed by atoms with Crippen LogP contribution in [0.25, 0.3) is 16.6 Å². The molecule has 9 heteroatoms. The van der Waals surface area contributed by atoms with Crippen LogP contribution in [0.1, 0.15) is 38.4 Å². The fourth-order valence-electron chi connectivity index (χ4n) is 3.31. The molecule has 0 saturated heterocycles. The third-order valence-electron chi connectivity index (χ3n) is 4.87. The van der Waals surface area contributed by atoms with Crippen LogP contribution >= 0.6 is 11.6 Å². The first-order valence-electron chi connectivity index (χ1n) is 11.1. The first-order chi connectivity index (χ1) is 16.3. The maximum Gasteiger partial charge on any atom is 0.258 e. The van der Waals surface area contributed by atoms with Crippen molar-refractivity contribution in [2.75, 3.05) is 6.61 Å². The second-order valence-electron chi connectivity index (χ2n) is 8.15. The zero-order valence-electron chi connectivity index (χ0n) is 19.7. The number of carbonyl (C=O) groups excluding carboxylic acids is 1. The summed E-state index contributed by atoms with van der Waals surface area (Å²) >= 11 is 6.20. The third kappa shape index (κ3) is 6.57. The Balaban J connectivity index is 0.000000212. The van der Waals surface area contributed by atoms with Crippen molar-refractivity contribution in [2.45, 2.75) is 46.6 Å². The van der Waals surface area contributed by atoms with E-state index < -0.39 is 5.82 Å². The van der Waals surface area contributed by atoms with Gasteiger partial charge in [-0.25, -0.2) is 9.07 Å². The highest BCUT2D eigenvalue weighted by atomic mass is 35.5. The molecule has 2 heterocycles. The van der Waals surface area contributed by atoms with Gasteiger partial charge in [0.05, 0.1) is 28.1 Å². The number of aryl methyl sites for hydroxylation is 2. The van der Waals surface area contributed by atoms with Crippen LogP contribution in [-0.2, 0) is 11.2 Å². The van der Waals surface area contributed by atoms with E-state index in [4.69, 9.17) is 16.3 Å². The predicted molar refractivity (Wildman–Crippen MR) is 132 cm³/mol. The van der Waals surface area contributed by atoms with Gasteiger partial charge in [0.2, 0.25) is 0 Å². The fraction of sp³-hybridized carbons (Fsp3) is 0.320. The molecule has 4 rings (SSSR count). The summed E-state index contributed by atoms with van der Waals surface area (Å²) in [4.78, 5) is 11.5. The highest BCUT2D eigenvalue weighted by molar-refractivity contribution is 6.36. The molecule has 0 bridgehead atoms. The van der Waals surface area contributed by atoms with Crippen molar-refractivity contribution in [2.24, 2.45) is 0 Å². The molecule has 7 nitrogen and oxygen atoms in total. The van der Waals surface area contributed by atoms with E-state index in [1.807, 2.05) is 32.9 Å². The molecule has 2 N–H and O–H groups in total. The summed E-state index contributed by atoms with van der Waals surface area (Å²) in [5, 5.41) is 15.6. The van der Waals surface area contributed by atoms with Crippen LogP contribution in [-0.4, -0.2) is 38.5 Å². The summed E-state index contributed by atoms with van der Waals surface area (Å²) in [7, 11) is 0. The number of ether oxygens (including phenoxy) is 1. The Morgan fingerprint density at radius 1 is 1.26 bits per heavy atom. The van der Waals surface area contributed by atoms with Gasteiger partial charge in [-0.3, -0.25) is 9.89 Å². The summed E-state index contributed by atoms with van der Waals surface area (Å²) in [5.41, 5.74) is 3.66. The number of hydrogen-bond donors (Lipinski definition) is 2. The van der Waals surface area contributed by atoms with Gasteiger partial charge < -0.3 is 10.1 Å². The average molecular weight is 486 g/mol. The lowest BCUT2D eigenvalue weighted by Crippen LogP contribution is -2.34. The number of amides is 1. The summed E-state index contributed by atoms with van der Waals surface area (Å²) < 4.78 is 20.7. The minimum atomic E-state index is -0.530. The van der Waals surface area contributed by atoms with Crippen molar-refractivity contribution in [1.82, 2.24) is 25.3 Å². The Bertz CT molecular complexity index is 1250. The summed E-state index contributed by atoms with van der Waals surface area (Å²) in [6.07, 6.45) is 5.67. The zero-order chi connectivity index (χ0) is 24.7. The minimum absolute atomic E-state index is 0.0244. The second-order valence-corrected chi connectivity index (χ2v) is 8.53. The smallest absolute Gasteiger partial charge is 0.258 e. The molecule has 180 valence electrons. The topological polar surface area (TPSA) is 84.8 Å². The molecule has 4 aromatic rings. The first kappa shape index (κ1) is 25.2. The van der Waals surface area contributed by atoms with Gasteiger partial charge in [0.15, 0.2) is 18.2 Å². The van der Waals surface area contributed by atoms with Gasteiger partial charge in [-0.15, -0.1) is 0 Å². The van der Waals surface area contributed by atoms with Gasteiger partial charge in [-0.2, -0.15) is 10.2 Å². The second kappa shape index (κ2) is 11.7. The van der Waals surface area contributed by atoms with Gasteiger partial charge in [0.25, 0.3) is 5.91 Å². The number of carbonyl (C=O) groups is 1. The largest absolute Gasteiger partial charge is 0.481 e. The number of H-pyrrole nitrogens is 1. The fourth-order valence-corrected chi connectivity index (χ4v) is 3.61. The van der Waals surface area contributed by atoms with Crippen molar-refractivity contribution in [1.29, 1.82) is 0 Å². The lowest BCUT2D eigenvalue weighted by atomic mass is 10.1. The van der Waals surface area contributed by atoms with Crippen molar-refractivity contribution >= 4 is 28.4 Å². The number of rotatable bonds is 7. The van der Waals surface area contributed by atoms with E-state index in [-0.39, 0.29) is 24.3 Å². The van der Waals surface area contributed by atoms with Crippen LogP contribution in [0.5, 0.6) is 5.75 Å². The van der Waals surface area contributed by atoms with Crippen molar-refractivity contribution in [3.05, 3.63) is 70.9 Å². The van der Waals surface area contributed by atoms with Gasteiger partial charge >= 0.3 is 0 Å². The van der Waals surface area contributed by atoms with E-state index in [0.29, 0.717) is 5.69 Å². The van der Waals surface area contributed by atoms with Crippen molar-refractivity contribution in [3.63, 3.8) is 0 Å². The molecular weight excluding hydrogens is 457 g/mol. The Kier molecular flexibility index (Phi) is 8.65. The summed E-state index contributed by atoms with van der Waals surface area (Å²) in [6, 6.07) is 10.4. The van der Waals surface area contributed by atoms with E-state index in [2.05, 4.69) is 33.6 Å². The van der Waals surface area contributed by atoms with Crippen molar-refractivity contribution in [3.8, 4) is 11.4 Å². The van der Waals surface area contributed by atoms with E-state index >= 15 is 0 Å². The Labute approximate surface area is 203 Å². The highest BCUT2D eigenvalue weighted by Gasteiger charge is 2.10. The summed E-state index contributed by atoms with van der Waals surface area (Å²) in [6.45, 7) is 7.49. The summed E-state index contributed by atoms with van der Waals surface area (Å²) in [5.74, 6) is -0.768. The number of aromatic amines is 1. The van der Waals surface area contributed by atoms with Gasteiger partial charge in [-0.1, -0.05) is 31.0 Å². The lowest BCUT2D eigenvalue weighted by Gasteiger charge is -2.11. The molecule has 0 spiro atoms. The quantitative estimate of drug-likeness (QED) is 0.367. The molecule has 0 fully saturated rings. The molecule has 0 saturated carbocycles. The van der Waals surface area contributed by atoms with Gasteiger partial charge in [0.1, 0.15) is 0 Å². The SMILES string of the molecule is CCCc1ccc2[nH]ncc2c1Cl.Cc1ccn(-c2ccc(OCC(=O)NC(C)C)c(F)c2)n1. The van der Waals surface area contributed by atoms with Crippen molar-refractivity contribution < 1.29 is 13.9 Å². The number of nitrogens with zero attached hydrogens (tertiary/aromatic N) is 3. The van der Waals surface area contributed by atoms with Crippen LogP contribution < -0.4 is 10.1 Å². The molecule has 0 unspecified atom stereocenters. The van der Waals surface area contributed by atoms with E-state index in [1.165, 1.54) is 17.7 Å². The molecule has 2 aromatic heterocycles. The van der Waals surface area contributed by atoms with E-state index in [9.17, 15) is 9.18 Å². The molecule has 0 aliphatic rings. The number of nitrogens with one attached hydrogen (secondary N) is 2. The number of halogens is 2. The molecule has 0 radical (unpaired) electrons. The van der Waals surface area contributed by atoms with Crippen LogP contribution in [0, 0.1) is 12.7 Å². The van der Waals surface area contributed by atoms with Gasteiger partial charge in [0, 0.05) is 23.7 Å². The van der Waals surface area contributed by atoms with Gasteiger partial charge in [-0.05, 0) is 57.0 Å². The molecule has 2 aromatic carbocycles. The van der Waals surface area contributed by atoms with Crippen LogP contribution in [0.15, 0.2) is 48.8 Å². The number of aromatic nitrogens is 4. The number of fused-ring (bicyclic) bond motifs is 1. The van der Waals surface area contributed by atoms with Crippen LogP contribution in [0.4, 0.5) is 4.39 Å². The number of hydrogen-bond acceptors (Lipinski definition) is 4. The predicted octanol–water partition coefficient (Wildman–Crippen LogP) is 5.39. The Morgan fingerprint density at radius 3 is 2.71 bits per heavy atom. The lowest BCUT2D eigenvalue weighted by molar-refractivity contribution is -0.123. The normalized spacial score (nSPS) is 10.8. The molecule has 0 aliphatic heterocycles. The van der Waals surface area contributed by atoms with Crippen LogP contribution in [0.3, 0.4) is 0 Å². The maximum atomic E-state index is 14.0. The Morgan fingerprint density at radius 2 is 2.06 bits per heavy atom. The monoisotopic (exact) mass is 485 g/mol. The molecule has 0 atom stereocenters. The standard InChI is InChI=1S/C15H18FN3O2.C10H11ClN2/c1-10(2)17-15(20)9-21-14-5-4-12(8-13(14)16)19-7-6-11(3)18-19;1-2-3-7-4-5-9-8(10(7)11)6-12-13-9/h4-8,10H,9H2,1-3H3,(H,17,20);4-6H,2-3H2,1H3,(H,12,13). The minimum Gasteiger partial charge on any atom is -0.481 e. The molecule has 1 amide bonds.